The van der Waals surface area contributed by atoms with Crippen LogP contribution in [0.5, 0.6) is 11.5 Å². The number of hydrogen-bond donors (Lipinski definition) is 1. The Bertz CT molecular complexity index is 1190. The summed E-state index contributed by atoms with van der Waals surface area (Å²) in [6.07, 6.45) is 1.41. The van der Waals surface area contributed by atoms with E-state index in [1.807, 2.05) is 0 Å². The first-order chi connectivity index (χ1) is 13.7. The van der Waals surface area contributed by atoms with Crippen LogP contribution >= 0.6 is 15.9 Å². The lowest BCUT2D eigenvalue weighted by Gasteiger charge is -2.21. The third-order valence-corrected chi connectivity index (χ3v) is 4.47. The molecule has 8 heteroatoms. The highest BCUT2D eigenvalue weighted by Gasteiger charge is 2.17. The first-order valence-corrected chi connectivity index (χ1v) is 9.78. The van der Waals surface area contributed by atoms with Gasteiger partial charge in [0.25, 0.3) is 5.56 Å². The number of H-pyrrole nitrogens is 1. The highest BCUT2D eigenvalue weighted by Crippen LogP contribution is 2.35. The maximum absolute atomic E-state index is 12.7. The van der Waals surface area contributed by atoms with Gasteiger partial charge in [0.1, 0.15) is 0 Å². The van der Waals surface area contributed by atoms with Crippen molar-refractivity contribution in [3.05, 3.63) is 67.3 Å². The maximum Gasteiger partial charge on any atom is 0.349 e. The van der Waals surface area contributed by atoms with Crippen LogP contribution in [0.1, 0.15) is 26.3 Å². The summed E-state index contributed by atoms with van der Waals surface area (Å²) in [5, 5.41) is 4.50. The van der Waals surface area contributed by atoms with E-state index in [4.69, 9.17) is 9.47 Å². The number of ether oxygens (including phenoxy) is 2. The second-order valence-electron chi connectivity index (χ2n) is 7.71. The van der Waals surface area contributed by atoms with E-state index in [1.54, 1.807) is 43.5 Å². The van der Waals surface area contributed by atoms with Gasteiger partial charge in [0.2, 0.25) is 0 Å². The first kappa shape index (κ1) is 20.9. The number of para-hydroxylation sites is 1. The zero-order chi connectivity index (χ0) is 21.2. The molecule has 0 fully saturated rings. The molecule has 0 spiro atoms. The molecule has 7 nitrogen and oxygen atoms in total. The Morgan fingerprint density at radius 3 is 2.62 bits per heavy atom. The third-order valence-electron chi connectivity index (χ3n) is 4.01. The lowest BCUT2D eigenvalue weighted by Crippen LogP contribution is -2.32. The fraction of sp³-hybridized carbons (Fsp3) is 0.286. The number of nitrogens with one attached hydrogen (secondary N) is 1. The number of methoxy groups -OCH3 is 1. The van der Waals surface area contributed by atoms with E-state index in [1.165, 1.54) is 6.21 Å². The molecule has 2 aromatic carbocycles. The predicted molar refractivity (Wildman–Crippen MR) is 117 cm³/mol. The Balaban J connectivity index is 2.09. The van der Waals surface area contributed by atoms with Gasteiger partial charge in [0.05, 0.1) is 30.8 Å². The highest BCUT2D eigenvalue weighted by atomic mass is 79.9. The smallest absolute Gasteiger partial charge is 0.349 e. The van der Waals surface area contributed by atoms with E-state index < -0.39 is 11.2 Å². The van der Waals surface area contributed by atoms with Crippen LogP contribution in [-0.2, 0) is 0 Å². The molecule has 152 valence electrons. The van der Waals surface area contributed by atoms with Crippen LogP contribution in [0.25, 0.3) is 10.9 Å². The standard InChI is InChI=1S/C21H22BrN3O4/c1-21(2,3)12-29-18-13(9-14(22)10-17(18)28-4)11-23-25-19(26)15-7-5-6-8-16(15)24-20(25)27/h5-11H,12H2,1-4H3,(H,24,27). The molecule has 0 radical (unpaired) electrons. The summed E-state index contributed by atoms with van der Waals surface area (Å²) in [5.41, 5.74) is -0.158. The lowest BCUT2D eigenvalue weighted by atomic mass is 9.98. The number of hydrogen-bond acceptors (Lipinski definition) is 5. The molecule has 0 amide bonds. The lowest BCUT2D eigenvalue weighted by molar-refractivity contribution is 0.191. The van der Waals surface area contributed by atoms with Gasteiger partial charge in [-0.1, -0.05) is 48.8 Å². The number of rotatable bonds is 5. The number of halogens is 1. The van der Waals surface area contributed by atoms with Crippen LogP contribution in [0.15, 0.2) is 55.6 Å². The van der Waals surface area contributed by atoms with E-state index >= 15 is 0 Å². The van der Waals surface area contributed by atoms with Gasteiger partial charge in [-0.2, -0.15) is 5.10 Å². The van der Waals surface area contributed by atoms with E-state index in [0.717, 1.165) is 9.15 Å². The Labute approximate surface area is 176 Å². The summed E-state index contributed by atoms with van der Waals surface area (Å²) in [5.74, 6) is 1.00. The normalized spacial score (nSPS) is 11.9. The Hall–Kier alpha value is -2.87. The first-order valence-electron chi connectivity index (χ1n) is 8.98. The quantitative estimate of drug-likeness (QED) is 0.588. The fourth-order valence-electron chi connectivity index (χ4n) is 2.66. The summed E-state index contributed by atoms with van der Waals surface area (Å²) < 4.78 is 13.0. The minimum Gasteiger partial charge on any atom is -0.493 e. The summed E-state index contributed by atoms with van der Waals surface area (Å²) in [7, 11) is 1.55. The Morgan fingerprint density at radius 1 is 1.21 bits per heavy atom. The minimum absolute atomic E-state index is 0.0705. The second kappa shape index (κ2) is 8.24. The van der Waals surface area contributed by atoms with Gasteiger partial charge in [-0.3, -0.25) is 4.79 Å². The molecule has 0 saturated heterocycles. The Morgan fingerprint density at radius 2 is 1.93 bits per heavy atom. The molecule has 29 heavy (non-hydrogen) atoms. The minimum atomic E-state index is -0.621. The molecule has 0 atom stereocenters. The molecular weight excluding hydrogens is 438 g/mol. The molecule has 1 heterocycles. The molecule has 0 saturated carbocycles. The molecule has 0 aliphatic carbocycles. The second-order valence-corrected chi connectivity index (χ2v) is 8.63. The molecule has 0 aliphatic rings. The molecule has 0 unspecified atom stereocenters. The van der Waals surface area contributed by atoms with Crippen LogP contribution in [0.3, 0.4) is 0 Å². The molecule has 0 bridgehead atoms. The van der Waals surface area contributed by atoms with Gasteiger partial charge >= 0.3 is 5.69 Å². The molecule has 1 aromatic heterocycles. The summed E-state index contributed by atoms with van der Waals surface area (Å²) >= 11 is 3.43. The van der Waals surface area contributed by atoms with Crippen LogP contribution < -0.4 is 20.7 Å². The average molecular weight is 460 g/mol. The average Bonchev–Trinajstić information content (AvgIpc) is 2.65. The van der Waals surface area contributed by atoms with Gasteiger partial charge in [0, 0.05) is 10.0 Å². The number of aromatic amines is 1. The van der Waals surface area contributed by atoms with E-state index in [0.29, 0.717) is 34.6 Å². The van der Waals surface area contributed by atoms with E-state index in [-0.39, 0.29) is 5.41 Å². The monoisotopic (exact) mass is 459 g/mol. The van der Waals surface area contributed by atoms with Crippen molar-refractivity contribution >= 4 is 33.0 Å². The van der Waals surface area contributed by atoms with Crippen LogP contribution in [0, 0.1) is 5.41 Å². The number of fused-ring (bicyclic) bond motifs is 1. The summed E-state index contributed by atoms with van der Waals surface area (Å²) in [4.78, 5) is 27.7. The topological polar surface area (TPSA) is 85.7 Å². The van der Waals surface area contributed by atoms with Gasteiger partial charge in [-0.15, -0.1) is 4.68 Å². The number of benzene rings is 2. The van der Waals surface area contributed by atoms with Crippen molar-refractivity contribution in [3.8, 4) is 11.5 Å². The van der Waals surface area contributed by atoms with E-state index in [9.17, 15) is 9.59 Å². The molecule has 3 aromatic rings. The SMILES string of the molecule is COc1cc(Br)cc(C=Nn2c(=O)[nH]c3ccccc3c2=O)c1OCC(C)(C)C. The number of nitrogens with zero attached hydrogens (tertiary/aromatic N) is 2. The fourth-order valence-corrected chi connectivity index (χ4v) is 3.11. The summed E-state index contributed by atoms with van der Waals surface area (Å²) in [6.45, 7) is 6.61. The van der Waals surface area contributed by atoms with Gasteiger partial charge in [0.15, 0.2) is 11.5 Å². The molecular formula is C21H22BrN3O4. The zero-order valence-electron chi connectivity index (χ0n) is 16.7. The highest BCUT2D eigenvalue weighted by molar-refractivity contribution is 9.10. The van der Waals surface area contributed by atoms with Crippen molar-refractivity contribution in [1.82, 2.24) is 9.66 Å². The van der Waals surface area contributed by atoms with Gasteiger partial charge in [-0.25, -0.2) is 4.79 Å². The van der Waals surface area contributed by atoms with Crippen LogP contribution in [-0.4, -0.2) is 29.6 Å². The van der Waals surface area contributed by atoms with Crippen molar-refractivity contribution in [1.29, 1.82) is 0 Å². The van der Waals surface area contributed by atoms with Crippen molar-refractivity contribution < 1.29 is 9.47 Å². The van der Waals surface area contributed by atoms with Crippen molar-refractivity contribution in [2.45, 2.75) is 20.8 Å². The van der Waals surface area contributed by atoms with Crippen molar-refractivity contribution in [2.24, 2.45) is 10.5 Å². The number of aromatic nitrogens is 2. The van der Waals surface area contributed by atoms with Crippen LogP contribution in [0.2, 0.25) is 0 Å². The van der Waals surface area contributed by atoms with Crippen molar-refractivity contribution in [3.63, 3.8) is 0 Å². The van der Waals surface area contributed by atoms with Crippen molar-refractivity contribution in [2.75, 3.05) is 13.7 Å². The zero-order valence-corrected chi connectivity index (χ0v) is 18.2. The predicted octanol–water partition coefficient (Wildman–Crippen LogP) is 3.77. The molecule has 0 aliphatic heterocycles. The van der Waals surface area contributed by atoms with Gasteiger partial charge in [-0.05, 0) is 29.7 Å². The largest absolute Gasteiger partial charge is 0.493 e. The Kier molecular flexibility index (Phi) is 5.93. The van der Waals surface area contributed by atoms with Gasteiger partial charge < -0.3 is 14.5 Å². The van der Waals surface area contributed by atoms with E-state index in [2.05, 4.69) is 46.8 Å². The van der Waals surface area contributed by atoms with Crippen LogP contribution in [0.4, 0.5) is 0 Å². The third kappa shape index (κ3) is 4.76. The molecule has 1 N–H and O–H groups in total. The molecule has 3 rings (SSSR count). The summed E-state index contributed by atoms with van der Waals surface area (Å²) in [6, 6.07) is 10.4. The maximum atomic E-state index is 12.7.